The number of amides is 2. The number of aryl methyl sites for hydroxylation is 2. The molecule has 2 aliphatic rings. The maximum absolute atomic E-state index is 12.5. The quantitative estimate of drug-likeness (QED) is 0.908. The van der Waals surface area contributed by atoms with Gasteiger partial charge in [0.1, 0.15) is 0 Å². The predicted octanol–water partition coefficient (Wildman–Crippen LogP) is 1.13. The Morgan fingerprint density at radius 1 is 1.27 bits per heavy atom. The Bertz CT molecular complexity index is 540. The van der Waals surface area contributed by atoms with Crippen molar-refractivity contribution in [1.82, 2.24) is 15.1 Å². The second kappa shape index (κ2) is 6.79. The van der Waals surface area contributed by atoms with Crippen LogP contribution in [0, 0.1) is 0 Å². The van der Waals surface area contributed by atoms with Crippen molar-refractivity contribution in [3.63, 3.8) is 0 Å². The molecule has 1 aliphatic heterocycles. The van der Waals surface area contributed by atoms with E-state index in [-0.39, 0.29) is 18.4 Å². The van der Waals surface area contributed by atoms with Gasteiger partial charge in [-0.15, -0.1) is 11.3 Å². The first-order chi connectivity index (χ1) is 10.6. The molecular weight excluding hydrogens is 298 g/mol. The van der Waals surface area contributed by atoms with Crippen molar-refractivity contribution in [3.05, 3.63) is 21.4 Å². The van der Waals surface area contributed by atoms with Crippen LogP contribution in [-0.4, -0.2) is 61.4 Å². The number of hydrogen-bond acceptors (Lipinski definition) is 4. The number of rotatable bonds is 3. The Balaban J connectivity index is 1.61. The average Bonchev–Trinajstić information content (AvgIpc) is 2.98. The largest absolute Gasteiger partial charge is 0.339 e. The van der Waals surface area contributed by atoms with Gasteiger partial charge < -0.3 is 15.1 Å². The number of thiophene rings is 1. The summed E-state index contributed by atoms with van der Waals surface area (Å²) >= 11 is 1.61. The van der Waals surface area contributed by atoms with Gasteiger partial charge in [0.05, 0.1) is 11.4 Å². The molecule has 22 heavy (non-hydrogen) atoms. The minimum Gasteiger partial charge on any atom is -0.339 e. The van der Waals surface area contributed by atoms with Crippen LogP contribution in [0.4, 0.5) is 0 Å². The molecule has 2 amide bonds. The summed E-state index contributed by atoms with van der Waals surface area (Å²) in [5.41, 5.74) is 1.33. The first-order valence-electron chi connectivity index (χ1n) is 8.00. The van der Waals surface area contributed by atoms with Crippen molar-refractivity contribution in [3.8, 4) is 0 Å². The van der Waals surface area contributed by atoms with Crippen molar-refractivity contribution in [2.24, 2.45) is 0 Å². The van der Waals surface area contributed by atoms with Crippen molar-refractivity contribution < 1.29 is 9.59 Å². The van der Waals surface area contributed by atoms with Gasteiger partial charge in [-0.05, 0) is 37.3 Å². The molecule has 0 bridgehead atoms. The van der Waals surface area contributed by atoms with Crippen molar-refractivity contribution in [2.75, 3.05) is 39.8 Å². The van der Waals surface area contributed by atoms with Crippen LogP contribution in [0.1, 0.15) is 33.0 Å². The highest BCUT2D eigenvalue weighted by Crippen LogP contribution is 2.30. The van der Waals surface area contributed by atoms with Gasteiger partial charge in [0, 0.05) is 38.1 Å². The van der Waals surface area contributed by atoms with Crippen molar-refractivity contribution in [1.29, 1.82) is 0 Å². The van der Waals surface area contributed by atoms with Crippen LogP contribution in [0.15, 0.2) is 6.07 Å². The third kappa shape index (κ3) is 3.33. The van der Waals surface area contributed by atoms with E-state index in [4.69, 9.17) is 0 Å². The summed E-state index contributed by atoms with van der Waals surface area (Å²) in [6.45, 7) is 3.30. The third-order valence-electron chi connectivity index (χ3n) is 4.40. The minimum absolute atomic E-state index is 0.0251. The van der Waals surface area contributed by atoms with E-state index in [1.165, 1.54) is 23.3 Å². The van der Waals surface area contributed by atoms with Gasteiger partial charge in [0.25, 0.3) is 5.91 Å². The number of likely N-dealkylation sites (N-methyl/N-ethyl adjacent to an activating group) is 1. The summed E-state index contributed by atoms with van der Waals surface area (Å²) in [6.07, 6.45) is 4.62. The van der Waals surface area contributed by atoms with E-state index in [0.29, 0.717) is 0 Å². The number of hydrogen-bond donors (Lipinski definition) is 1. The number of nitrogens with one attached hydrogen (secondary N) is 1. The molecule has 120 valence electrons. The van der Waals surface area contributed by atoms with E-state index in [9.17, 15) is 9.59 Å². The molecule has 0 radical (unpaired) electrons. The molecule has 3 rings (SSSR count). The minimum atomic E-state index is -0.0251. The third-order valence-corrected chi connectivity index (χ3v) is 5.62. The van der Waals surface area contributed by atoms with Crippen LogP contribution in [0.2, 0.25) is 0 Å². The first kappa shape index (κ1) is 15.5. The van der Waals surface area contributed by atoms with E-state index in [1.54, 1.807) is 23.3 Å². The molecule has 1 fully saturated rings. The lowest BCUT2D eigenvalue weighted by molar-refractivity contribution is -0.132. The SMILES string of the molecule is CN(CC(=O)N1CCNCC1)C(=O)c1cc2c(s1)CCCC2. The Kier molecular flexibility index (Phi) is 4.78. The Labute approximate surface area is 135 Å². The molecule has 5 nitrogen and oxygen atoms in total. The molecule has 1 saturated heterocycles. The fraction of sp³-hybridized carbons (Fsp3) is 0.625. The Hall–Kier alpha value is -1.40. The van der Waals surface area contributed by atoms with E-state index in [1.807, 2.05) is 11.0 Å². The zero-order valence-electron chi connectivity index (χ0n) is 13.1. The number of nitrogens with zero attached hydrogens (tertiary/aromatic N) is 2. The van der Waals surface area contributed by atoms with Crippen LogP contribution < -0.4 is 5.32 Å². The zero-order chi connectivity index (χ0) is 15.5. The normalized spacial score (nSPS) is 18.0. The van der Waals surface area contributed by atoms with Gasteiger partial charge in [-0.25, -0.2) is 0 Å². The van der Waals surface area contributed by atoms with Gasteiger partial charge in [0.15, 0.2) is 0 Å². The summed E-state index contributed by atoms with van der Waals surface area (Å²) < 4.78 is 0. The summed E-state index contributed by atoms with van der Waals surface area (Å²) in [5, 5.41) is 3.23. The second-order valence-corrected chi connectivity index (χ2v) is 7.19. The molecule has 0 spiro atoms. The second-order valence-electron chi connectivity index (χ2n) is 6.06. The molecule has 6 heteroatoms. The molecule has 0 saturated carbocycles. The summed E-state index contributed by atoms with van der Waals surface area (Å²) in [5.74, 6) is 0.0153. The van der Waals surface area contributed by atoms with Gasteiger partial charge in [0.2, 0.25) is 5.91 Å². The lowest BCUT2D eigenvalue weighted by atomic mass is 9.99. The summed E-state index contributed by atoms with van der Waals surface area (Å²) in [4.78, 5) is 30.3. The Morgan fingerprint density at radius 2 is 2.00 bits per heavy atom. The van der Waals surface area contributed by atoms with Crippen molar-refractivity contribution >= 4 is 23.2 Å². The molecular formula is C16H23N3O2S. The van der Waals surface area contributed by atoms with Gasteiger partial charge in [-0.3, -0.25) is 9.59 Å². The van der Waals surface area contributed by atoms with E-state index in [2.05, 4.69) is 5.32 Å². The zero-order valence-corrected chi connectivity index (χ0v) is 13.9. The number of carbonyl (C=O) groups is 2. The van der Waals surface area contributed by atoms with E-state index < -0.39 is 0 Å². The smallest absolute Gasteiger partial charge is 0.264 e. The fourth-order valence-electron chi connectivity index (χ4n) is 3.07. The Morgan fingerprint density at radius 3 is 2.73 bits per heavy atom. The fourth-order valence-corrected chi connectivity index (χ4v) is 4.32. The maximum Gasteiger partial charge on any atom is 0.264 e. The average molecular weight is 321 g/mol. The standard InChI is InChI=1S/C16H23N3O2S/c1-18(11-15(20)19-8-6-17-7-9-19)16(21)14-10-12-4-2-3-5-13(12)22-14/h10,17H,2-9,11H2,1H3. The number of fused-ring (bicyclic) bond motifs is 1. The topological polar surface area (TPSA) is 52.7 Å². The first-order valence-corrected chi connectivity index (χ1v) is 8.82. The monoisotopic (exact) mass is 321 g/mol. The molecule has 1 aromatic rings. The molecule has 1 N–H and O–H groups in total. The van der Waals surface area contributed by atoms with Gasteiger partial charge in [-0.1, -0.05) is 0 Å². The van der Waals surface area contributed by atoms with Gasteiger partial charge in [-0.2, -0.15) is 0 Å². The van der Waals surface area contributed by atoms with Gasteiger partial charge >= 0.3 is 0 Å². The molecule has 1 aromatic heterocycles. The molecule has 1 aliphatic carbocycles. The lowest BCUT2D eigenvalue weighted by Crippen LogP contribution is -2.49. The highest BCUT2D eigenvalue weighted by molar-refractivity contribution is 7.14. The number of carbonyl (C=O) groups excluding carboxylic acids is 2. The molecule has 0 atom stereocenters. The molecule has 0 aromatic carbocycles. The predicted molar refractivity (Wildman–Crippen MR) is 87.4 cm³/mol. The highest BCUT2D eigenvalue weighted by Gasteiger charge is 2.23. The highest BCUT2D eigenvalue weighted by atomic mass is 32.1. The van der Waals surface area contributed by atoms with Crippen molar-refractivity contribution in [2.45, 2.75) is 25.7 Å². The van der Waals surface area contributed by atoms with Crippen LogP contribution in [-0.2, 0) is 17.6 Å². The maximum atomic E-state index is 12.5. The number of piperazine rings is 1. The van der Waals surface area contributed by atoms with E-state index >= 15 is 0 Å². The van der Waals surface area contributed by atoms with Crippen LogP contribution in [0.25, 0.3) is 0 Å². The van der Waals surface area contributed by atoms with Crippen LogP contribution >= 0.6 is 11.3 Å². The van der Waals surface area contributed by atoms with E-state index in [0.717, 1.165) is 43.9 Å². The van der Waals surface area contributed by atoms with Crippen LogP contribution in [0.5, 0.6) is 0 Å². The lowest BCUT2D eigenvalue weighted by Gasteiger charge is -2.29. The summed E-state index contributed by atoms with van der Waals surface area (Å²) in [7, 11) is 1.72. The summed E-state index contributed by atoms with van der Waals surface area (Å²) in [6, 6.07) is 2.04. The molecule has 2 heterocycles. The van der Waals surface area contributed by atoms with Crippen LogP contribution in [0.3, 0.4) is 0 Å². The molecule has 0 unspecified atom stereocenters.